The van der Waals surface area contributed by atoms with Gasteiger partial charge in [-0.2, -0.15) is 0 Å². The smallest absolute Gasteiger partial charge is 0.410 e. The van der Waals surface area contributed by atoms with Crippen LogP contribution in [0.4, 0.5) is 36.6 Å². The van der Waals surface area contributed by atoms with Crippen molar-refractivity contribution in [2.24, 2.45) is 0 Å². The molecule has 5 rings (SSSR count). The number of rotatable bonds is 7. The number of piperazine rings is 1. The molecule has 1 amide bonds. The summed E-state index contributed by atoms with van der Waals surface area (Å²) in [7, 11) is 1.41. The zero-order chi connectivity index (χ0) is 33.5. The summed E-state index contributed by atoms with van der Waals surface area (Å²) in [5.41, 5.74) is 0.283. The quantitative estimate of drug-likeness (QED) is 0.179. The number of nitro benzene ring substituents is 1. The lowest BCUT2D eigenvalue weighted by Gasteiger charge is -2.36. The molecule has 244 valence electrons. The van der Waals surface area contributed by atoms with Crippen molar-refractivity contribution in [3.8, 4) is 17.0 Å². The number of imidazole rings is 1. The van der Waals surface area contributed by atoms with E-state index in [0.29, 0.717) is 43.2 Å². The van der Waals surface area contributed by atoms with E-state index in [4.69, 9.17) is 9.47 Å². The van der Waals surface area contributed by atoms with E-state index in [-0.39, 0.29) is 45.9 Å². The van der Waals surface area contributed by atoms with Crippen molar-refractivity contribution in [1.82, 2.24) is 24.4 Å². The summed E-state index contributed by atoms with van der Waals surface area (Å²) in [6.07, 6.45) is 0.498. The molecule has 2 aromatic carbocycles. The van der Waals surface area contributed by atoms with Gasteiger partial charge in [-0.1, -0.05) is 0 Å². The van der Waals surface area contributed by atoms with E-state index in [0.717, 1.165) is 12.3 Å². The number of benzene rings is 2. The van der Waals surface area contributed by atoms with E-state index in [1.165, 1.54) is 19.2 Å². The number of ether oxygens (including phenoxy) is 2. The van der Waals surface area contributed by atoms with Gasteiger partial charge >= 0.3 is 6.09 Å². The summed E-state index contributed by atoms with van der Waals surface area (Å²) in [4.78, 5) is 40.2. The molecule has 4 aromatic rings. The van der Waals surface area contributed by atoms with Gasteiger partial charge in [0.25, 0.3) is 5.69 Å². The highest BCUT2D eigenvalue weighted by Gasteiger charge is 2.30. The molecule has 1 fully saturated rings. The lowest BCUT2D eigenvalue weighted by atomic mass is 10.1. The summed E-state index contributed by atoms with van der Waals surface area (Å²) >= 11 is 0. The van der Waals surface area contributed by atoms with Crippen molar-refractivity contribution >= 4 is 40.1 Å². The Morgan fingerprint density at radius 2 is 1.76 bits per heavy atom. The normalized spacial score (nSPS) is 13.8. The third kappa shape index (κ3) is 6.48. The number of amides is 1. The van der Waals surface area contributed by atoms with E-state index >= 15 is 8.78 Å². The topological polar surface area (TPSA) is 141 Å². The van der Waals surface area contributed by atoms with Gasteiger partial charge in [0, 0.05) is 49.9 Å². The minimum atomic E-state index is -0.782. The molecule has 0 aliphatic carbocycles. The van der Waals surface area contributed by atoms with Gasteiger partial charge in [-0.25, -0.2) is 28.5 Å². The molecule has 15 heteroatoms. The minimum absolute atomic E-state index is 0.0211. The maximum atomic E-state index is 15.1. The van der Waals surface area contributed by atoms with Crippen LogP contribution in [-0.4, -0.2) is 74.3 Å². The van der Waals surface area contributed by atoms with Gasteiger partial charge in [-0.05, 0) is 53.7 Å². The van der Waals surface area contributed by atoms with Crippen LogP contribution in [0.1, 0.15) is 46.5 Å². The van der Waals surface area contributed by atoms with Gasteiger partial charge in [-0.3, -0.25) is 10.1 Å². The van der Waals surface area contributed by atoms with Gasteiger partial charge in [-0.15, -0.1) is 0 Å². The highest BCUT2D eigenvalue weighted by molar-refractivity contribution is 5.83. The Balaban J connectivity index is 1.45. The molecule has 0 radical (unpaired) electrons. The summed E-state index contributed by atoms with van der Waals surface area (Å²) in [6, 6.07) is 5.57. The number of fused-ring (bicyclic) bond motifs is 1. The van der Waals surface area contributed by atoms with Crippen molar-refractivity contribution in [2.45, 2.75) is 53.2 Å². The second kappa shape index (κ2) is 12.4. The van der Waals surface area contributed by atoms with Crippen LogP contribution < -0.4 is 15.0 Å². The van der Waals surface area contributed by atoms with Crippen LogP contribution >= 0.6 is 0 Å². The molecular weight excluding hydrogens is 602 g/mol. The number of methoxy groups -OCH3 is 1. The minimum Gasteiger partial charge on any atom is -0.494 e. The largest absolute Gasteiger partial charge is 0.494 e. The average molecular weight is 639 g/mol. The highest BCUT2D eigenvalue weighted by Crippen LogP contribution is 2.40. The number of hydrogen-bond donors (Lipinski definition) is 1. The van der Waals surface area contributed by atoms with Gasteiger partial charge in [0.05, 0.1) is 29.4 Å². The van der Waals surface area contributed by atoms with Crippen molar-refractivity contribution in [3.05, 3.63) is 58.0 Å². The predicted molar refractivity (Wildman–Crippen MR) is 169 cm³/mol. The zero-order valence-electron chi connectivity index (χ0n) is 26.7. The molecular formula is C31H36F2N8O5. The third-order valence-electron chi connectivity index (χ3n) is 7.47. The standard InChI is InChI=1S/C31H36F2N8O5/c1-17(2)40-18(3)35-28-20(32)12-19(13-25(28)40)27-21(33)16-34-29(37-27)36-22-14-24(41(43)44)23(15-26(22)45-7)38-8-10-39(11-9-38)30(42)46-31(4,5)6/h12-17H,8-11H2,1-7H3,(H,34,36,37). The van der Waals surface area contributed by atoms with E-state index in [9.17, 15) is 14.9 Å². The molecule has 1 N–H and O–H groups in total. The summed E-state index contributed by atoms with van der Waals surface area (Å²) in [5.74, 6) is -0.628. The summed E-state index contributed by atoms with van der Waals surface area (Å²) in [5, 5.41) is 15.1. The maximum absolute atomic E-state index is 15.1. The summed E-state index contributed by atoms with van der Waals surface area (Å²) < 4.78 is 43.1. The van der Waals surface area contributed by atoms with Crippen LogP contribution in [0, 0.1) is 28.7 Å². The molecule has 0 bridgehead atoms. The Bertz CT molecular complexity index is 1810. The monoisotopic (exact) mass is 638 g/mol. The molecule has 46 heavy (non-hydrogen) atoms. The number of carbonyl (C=O) groups is 1. The molecule has 1 aliphatic heterocycles. The Labute approximate surface area is 264 Å². The molecule has 0 spiro atoms. The lowest BCUT2D eigenvalue weighted by Crippen LogP contribution is -2.50. The van der Waals surface area contributed by atoms with E-state index in [2.05, 4.69) is 20.3 Å². The molecule has 1 aliphatic rings. The molecule has 0 unspecified atom stereocenters. The Kier molecular flexibility index (Phi) is 8.69. The van der Waals surface area contributed by atoms with Crippen LogP contribution in [0.3, 0.4) is 0 Å². The number of carbonyl (C=O) groups excluding carboxylic acids is 1. The van der Waals surface area contributed by atoms with Gasteiger partial charge in [0.2, 0.25) is 5.95 Å². The first kappa shape index (κ1) is 32.3. The van der Waals surface area contributed by atoms with Crippen molar-refractivity contribution in [1.29, 1.82) is 0 Å². The SMILES string of the molecule is COc1cc(N2CCN(C(=O)OC(C)(C)C)CC2)c([N+](=O)[O-])cc1Nc1ncc(F)c(-c2cc(F)c3nc(C)n(C(C)C)c3c2)n1. The highest BCUT2D eigenvalue weighted by atomic mass is 19.1. The molecule has 0 atom stereocenters. The molecule has 2 aromatic heterocycles. The van der Waals surface area contributed by atoms with Crippen molar-refractivity contribution < 1.29 is 28.0 Å². The van der Waals surface area contributed by atoms with Crippen LogP contribution in [0.2, 0.25) is 0 Å². The number of anilines is 3. The van der Waals surface area contributed by atoms with Gasteiger partial charge in [0.1, 0.15) is 34.1 Å². The fourth-order valence-corrected chi connectivity index (χ4v) is 5.49. The first-order valence-electron chi connectivity index (χ1n) is 14.7. The fraction of sp³-hybridized carbons (Fsp3) is 0.419. The number of hydrogen-bond acceptors (Lipinski definition) is 10. The Morgan fingerprint density at radius 3 is 2.37 bits per heavy atom. The first-order valence-corrected chi connectivity index (χ1v) is 14.7. The van der Waals surface area contributed by atoms with E-state index in [1.54, 1.807) is 43.6 Å². The number of aryl methyl sites for hydroxylation is 1. The lowest BCUT2D eigenvalue weighted by molar-refractivity contribution is -0.384. The second-order valence-corrected chi connectivity index (χ2v) is 12.2. The van der Waals surface area contributed by atoms with E-state index < -0.39 is 28.3 Å². The van der Waals surface area contributed by atoms with Crippen LogP contribution in [0.5, 0.6) is 5.75 Å². The zero-order valence-corrected chi connectivity index (χ0v) is 26.7. The van der Waals surface area contributed by atoms with Crippen LogP contribution in [0.15, 0.2) is 30.5 Å². The van der Waals surface area contributed by atoms with E-state index in [1.807, 2.05) is 18.4 Å². The Morgan fingerprint density at radius 1 is 1.07 bits per heavy atom. The summed E-state index contributed by atoms with van der Waals surface area (Å²) in [6.45, 7) is 12.3. The number of aromatic nitrogens is 4. The van der Waals surface area contributed by atoms with Gasteiger partial charge in [0.15, 0.2) is 11.6 Å². The van der Waals surface area contributed by atoms with Gasteiger partial charge < -0.3 is 29.2 Å². The fourth-order valence-electron chi connectivity index (χ4n) is 5.49. The van der Waals surface area contributed by atoms with Crippen LogP contribution in [0.25, 0.3) is 22.3 Å². The van der Waals surface area contributed by atoms with Crippen molar-refractivity contribution in [3.63, 3.8) is 0 Å². The predicted octanol–water partition coefficient (Wildman–Crippen LogP) is 6.38. The Hall–Kier alpha value is -5.08. The molecule has 1 saturated heterocycles. The molecule has 13 nitrogen and oxygen atoms in total. The number of nitrogens with one attached hydrogen (secondary N) is 1. The van der Waals surface area contributed by atoms with Crippen LogP contribution in [-0.2, 0) is 4.74 Å². The average Bonchev–Trinajstić information content (AvgIpc) is 3.33. The molecule has 3 heterocycles. The third-order valence-corrected chi connectivity index (χ3v) is 7.47. The van der Waals surface area contributed by atoms with Crippen molar-refractivity contribution in [2.75, 3.05) is 43.5 Å². The molecule has 0 saturated carbocycles. The number of nitro groups is 1. The first-order chi connectivity index (χ1) is 21.7. The number of halogens is 2. The maximum Gasteiger partial charge on any atom is 0.410 e. The second-order valence-electron chi connectivity index (χ2n) is 12.2. The number of nitrogens with zero attached hydrogens (tertiary/aromatic N) is 7.